The maximum atomic E-state index is 9.08. The number of halogens is 1. The second-order valence-electron chi connectivity index (χ2n) is 2.80. The molecule has 5 heteroatoms. The molecule has 0 amide bonds. The Bertz CT molecular complexity index is 129. The Labute approximate surface area is 69.0 Å². The summed E-state index contributed by atoms with van der Waals surface area (Å²) in [7, 11) is 0. The summed E-state index contributed by atoms with van der Waals surface area (Å²) in [5.74, 6) is 0. The lowest BCUT2D eigenvalue weighted by Crippen LogP contribution is -2.53. The quantitative estimate of drug-likeness (QED) is 0.342. The summed E-state index contributed by atoms with van der Waals surface area (Å²) >= 11 is 5.49. The van der Waals surface area contributed by atoms with E-state index in [1.165, 1.54) is 0 Å². The average molecular weight is 183 g/mol. The van der Waals surface area contributed by atoms with Gasteiger partial charge in [0.25, 0.3) is 0 Å². The van der Waals surface area contributed by atoms with Gasteiger partial charge in [-0.2, -0.15) is 0 Å². The number of aliphatic hydroxyl groups is 4. The van der Waals surface area contributed by atoms with E-state index in [0.29, 0.717) is 0 Å². The second kappa shape index (κ2) is 3.25. The Morgan fingerprint density at radius 1 is 0.909 bits per heavy atom. The van der Waals surface area contributed by atoms with Crippen molar-refractivity contribution in [1.82, 2.24) is 0 Å². The number of aliphatic hydroxyl groups excluding tert-OH is 4. The summed E-state index contributed by atoms with van der Waals surface area (Å²) in [6.07, 6.45) is -4.44. The van der Waals surface area contributed by atoms with Crippen molar-refractivity contribution in [1.29, 1.82) is 0 Å². The minimum Gasteiger partial charge on any atom is -0.390 e. The fourth-order valence-corrected chi connectivity index (χ4v) is 1.49. The second-order valence-corrected chi connectivity index (χ2v) is 3.30. The van der Waals surface area contributed by atoms with E-state index >= 15 is 0 Å². The Hall–Kier alpha value is 0.130. The molecule has 1 aliphatic carbocycles. The lowest BCUT2D eigenvalue weighted by molar-refractivity contribution is -0.104. The number of hydrogen-bond acceptors (Lipinski definition) is 4. The zero-order chi connectivity index (χ0) is 8.59. The molecule has 4 N–H and O–H groups in total. The molecule has 0 spiro atoms. The monoisotopic (exact) mass is 182 g/mol. The molecule has 4 nitrogen and oxygen atoms in total. The highest BCUT2D eigenvalue weighted by Crippen LogP contribution is 2.24. The van der Waals surface area contributed by atoms with E-state index in [0.717, 1.165) is 0 Å². The minimum atomic E-state index is -1.16. The molecule has 1 aliphatic rings. The molecule has 0 saturated heterocycles. The van der Waals surface area contributed by atoms with E-state index in [4.69, 9.17) is 32.0 Å². The third-order valence-corrected chi connectivity index (χ3v) is 2.44. The normalized spacial score (nSPS) is 52.6. The Morgan fingerprint density at radius 3 is 1.64 bits per heavy atom. The highest BCUT2D eigenvalue weighted by molar-refractivity contribution is 6.21. The molecule has 0 bridgehead atoms. The van der Waals surface area contributed by atoms with Crippen molar-refractivity contribution < 1.29 is 20.4 Å². The molecular weight excluding hydrogens is 172 g/mol. The molecule has 0 unspecified atom stereocenters. The molecule has 0 heterocycles. The van der Waals surface area contributed by atoms with Crippen molar-refractivity contribution in [2.75, 3.05) is 0 Å². The average Bonchev–Trinajstić information content (AvgIpc) is 1.97. The van der Waals surface area contributed by atoms with Gasteiger partial charge in [0.05, 0.1) is 29.8 Å². The number of rotatable bonds is 0. The van der Waals surface area contributed by atoms with Crippen LogP contribution in [-0.4, -0.2) is 50.2 Å². The van der Waals surface area contributed by atoms with Crippen LogP contribution in [0.2, 0.25) is 0 Å². The number of alkyl halides is 1. The lowest BCUT2D eigenvalue weighted by atomic mass is 9.89. The van der Waals surface area contributed by atoms with Crippen LogP contribution < -0.4 is 0 Å². The van der Waals surface area contributed by atoms with Crippen molar-refractivity contribution in [3.05, 3.63) is 0 Å². The topological polar surface area (TPSA) is 80.9 Å². The van der Waals surface area contributed by atoms with Crippen LogP contribution in [0.4, 0.5) is 0 Å². The van der Waals surface area contributed by atoms with Crippen LogP contribution in [0.15, 0.2) is 0 Å². The van der Waals surface area contributed by atoms with Gasteiger partial charge in [0.15, 0.2) is 0 Å². The number of hydrogen-bond donors (Lipinski definition) is 4. The van der Waals surface area contributed by atoms with Gasteiger partial charge in [-0.3, -0.25) is 0 Å². The Morgan fingerprint density at radius 2 is 1.27 bits per heavy atom. The summed E-state index contributed by atoms with van der Waals surface area (Å²) < 4.78 is 0. The van der Waals surface area contributed by atoms with E-state index in [2.05, 4.69) is 0 Å². The standard InChI is InChI=1S/C6H11ClO4/c7-4-5(10)2(8)1-3(9)6(4)11/h2-6,8-11H,1H2/t2-,3+,4-,5+,6-. The van der Waals surface area contributed by atoms with Crippen LogP contribution in [-0.2, 0) is 0 Å². The van der Waals surface area contributed by atoms with Gasteiger partial charge in [-0.25, -0.2) is 0 Å². The van der Waals surface area contributed by atoms with E-state index in [-0.39, 0.29) is 6.42 Å². The first kappa shape index (κ1) is 9.22. The van der Waals surface area contributed by atoms with E-state index < -0.39 is 29.8 Å². The van der Waals surface area contributed by atoms with Crippen LogP contribution in [0.1, 0.15) is 6.42 Å². The molecule has 5 atom stereocenters. The molecule has 0 aliphatic heterocycles. The van der Waals surface area contributed by atoms with Crippen molar-refractivity contribution in [2.24, 2.45) is 0 Å². The van der Waals surface area contributed by atoms with Gasteiger partial charge in [0, 0.05) is 6.42 Å². The van der Waals surface area contributed by atoms with Crippen LogP contribution in [0.5, 0.6) is 0 Å². The predicted molar refractivity (Wildman–Crippen MR) is 38.3 cm³/mol. The van der Waals surface area contributed by atoms with Crippen molar-refractivity contribution in [2.45, 2.75) is 36.2 Å². The Balaban J connectivity index is 2.63. The summed E-state index contributed by atoms with van der Waals surface area (Å²) in [6.45, 7) is 0. The van der Waals surface area contributed by atoms with Gasteiger partial charge in [-0.1, -0.05) is 0 Å². The van der Waals surface area contributed by atoms with Crippen LogP contribution in [0.25, 0.3) is 0 Å². The van der Waals surface area contributed by atoms with Gasteiger partial charge < -0.3 is 20.4 Å². The largest absolute Gasteiger partial charge is 0.390 e. The van der Waals surface area contributed by atoms with Crippen LogP contribution in [0, 0.1) is 0 Å². The lowest BCUT2D eigenvalue weighted by Gasteiger charge is -2.35. The molecular formula is C6H11ClO4. The van der Waals surface area contributed by atoms with Crippen LogP contribution in [0.3, 0.4) is 0 Å². The predicted octanol–water partition coefficient (Wildman–Crippen LogP) is -1.56. The third kappa shape index (κ3) is 1.65. The SMILES string of the molecule is O[C@@H]1[C@@H](Cl)[C@H](O)[C@@H](O)C[C@H]1O. The highest BCUT2D eigenvalue weighted by atomic mass is 35.5. The van der Waals surface area contributed by atoms with Gasteiger partial charge >= 0.3 is 0 Å². The molecule has 0 aromatic heterocycles. The molecule has 1 rings (SSSR count). The van der Waals surface area contributed by atoms with Gasteiger partial charge in [-0.05, 0) is 0 Å². The highest BCUT2D eigenvalue weighted by Gasteiger charge is 2.40. The van der Waals surface area contributed by atoms with E-state index in [1.54, 1.807) is 0 Å². The first-order chi connectivity index (χ1) is 5.04. The first-order valence-electron chi connectivity index (χ1n) is 3.40. The zero-order valence-electron chi connectivity index (χ0n) is 5.76. The fourth-order valence-electron chi connectivity index (χ4n) is 1.15. The van der Waals surface area contributed by atoms with Crippen LogP contribution >= 0.6 is 11.6 Å². The molecule has 1 fully saturated rings. The Kier molecular flexibility index (Phi) is 2.72. The summed E-state index contributed by atoms with van der Waals surface area (Å²) in [5, 5.41) is 35.2. The maximum absolute atomic E-state index is 9.08. The van der Waals surface area contributed by atoms with Crippen molar-refractivity contribution in [3.8, 4) is 0 Å². The van der Waals surface area contributed by atoms with E-state index in [9.17, 15) is 0 Å². The van der Waals surface area contributed by atoms with E-state index in [1.807, 2.05) is 0 Å². The minimum absolute atomic E-state index is 0.0362. The molecule has 11 heavy (non-hydrogen) atoms. The molecule has 0 radical (unpaired) electrons. The van der Waals surface area contributed by atoms with Crippen molar-refractivity contribution in [3.63, 3.8) is 0 Å². The van der Waals surface area contributed by atoms with Gasteiger partial charge in [0.2, 0.25) is 0 Å². The summed E-state index contributed by atoms with van der Waals surface area (Å²) in [4.78, 5) is 0. The molecule has 1 saturated carbocycles. The fraction of sp³-hybridized carbons (Fsp3) is 1.00. The van der Waals surface area contributed by atoms with Gasteiger partial charge in [0.1, 0.15) is 0 Å². The molecule has 0 aromatic carbocycles. The smallest absolute Gasteiger partial charge is 0.0989 e. The summed E-state index contributed by atoms with van der Waals surface area (Å²) in [6, 6.07) is 0. The van der Waals surface area contributed by atoms with Gasteiger partial charge in [-0.15, -0.1) is 11.6 Å². The molecule has 0 aromatic rings. The zero-order valence-corrected chi connectivity index (χ0v) is 6.52. The first-order valence-corrected chi connectivity index (χ1v) is 3.84. The maximum Gasteiger partial charge on any atom is 0.0989 e. The van der Waals surface area contributed by atoms with Crippen molar-refractivity contribution >= 4 is 11.6 Å². The molecule has 66 valence electrons. The third-order valence-electron chi connectivity index (χ3n) is 1.92. The summed E-state index contributed by atoms with van der Waals surface area (Å²) in [5.41, 5.74) is 0.